The largest absolute Gasteiger partial charge is 0.377 e. The molecule has 3 amide bonds. The predicted octanol–water partition coefficient (Wildman–Crippen LogP) is 2.44. The molecule has 2 aromatic carbocycles. The summed E-state index contributed by atoms with van der Waals surface area (Å²) in [6, 6.07) is 9.35. The topological polar surface area (TPSA) is 98.3 Å². The zero-order chi connectivity index (χ0) is 26.9. The van der Waals surface area contributed by atoms with E-state index in [0.29, 0.717) is 31.2 Å². The van der Waals surface area contributed by atoms with Gasteiger partial charge in [0.05, 0.1) is 22.9 Å². The van der Waals surface area contributed by atoms with Crippen LogP contribution in [0.4, 0.5) is 5.69 Å². The number of carbonyl (C=O) groups is 3. The van der Waals surface area contributed by atoms with Crippen LogP contribution in [-0.4, -0.2) is 85.6 Å². The first kappa shape index (κ1) is 25.3. The fraction of sp³-hybridized carbons (Fsp3) is 0.536. The summed E-state index contributed by atoms with van der Waals surface area (Å²) in [5.41, 5.74) is 0.918. The molecule has 0 aromatic heterocycles. The molecule has 0 unspecified atom stereocenters. The molecule has 10 heteroatoms. The Bertz CT molecular complexity index is 1440. The molecular formula is C28H34N4O5S. The van der Waals surface area contributed by atoms with Crippen molar-refractivity contribution >= 4 is 44.2 Å². The minimum atomic E-state index is -3.97. The third-order valence-electron chi connectivity index (χ3n) is 8.75. The molecule has 2 aromatic rings. The highest BCUT2D eigenvalue weighted by Crippen LogP contribution is 2.42. The van der Waals surface area contributed by atoms with Gasteiger partial charge in [0.1, 0.15) is 6.04 Å². The van der Waals surface area contributed by atoms with E-state index < -0.39 is 28.0 Å². The molecule has 0 bridgehead atoms. The van der Waals surface area contributed by atoms with Crippen molar-refractivity contribution in [2.45, 2.75) is 62.0 Å². The number of amides is 3. The van der Waals surface area contributed by atoms with Crippen molar-refractivity contribution in [3.8, 4) is 0 Å². The lowest BCUT2D eigenvalue weighted by Crippen LogP contribution is -2.51. The molecule has 0 radical (unpaired) electrons. The number of nitrogens with zero attached hydrogens (tertiary/aromatic N) is 4. The molecule has 1 aliphatic carbocycles. The Morgan fingerprint density at radius 1 is 0.921 bits per heavy atom. The Morgan fingerprint density at radius 3 is 2.34 bits per heavy atom. The minimum Gasteiger partial charge on any atom is -0.377 e. The van der Waals surface area contributed by atoms with Gasteiger partial charge in [0, 0.05) is 49.6 Å². The number of sulfonamides is 1. The summed E-state index contributed by atoms with van der Waals surface area (Å²) in [5, 5.41) is 1.46. The molecule has 3 aliphatic heterocycles. The van der Waals surface area contributed by atoms with Crippen molar-refractivity contribution in [1.82, 2.24) is 14.1 Å². The average Bonchev–Trinajstić information content (AvgIpc) is 3.37. The van der Waals surface area contributed by atoms with E-state index in [1.54, 1.807) is 24.0 Å². The number of hydrogen-bond donors (Lipinski definition) is 0. The Morgan fingerprint density at radius 2 is 1.63 bits per heavy atom. The summed E-state index contributed by atoms with van der Waals surface area (Å²) in [6.45, 7) is 2.48. The molecule has 3 saturated heterocycles. The number of fused-ring (bicyclic) bond motifs is 2. The van der Waals surface area contributed by atoms with Gasteiger partial charge in [-0.25, -0.2) is 8.42 Å². The van der Waals surface area contributed by atoms with Crippen LogP contribution in [0.2, 0.25) is 0 Å². The fourth-order valence-electron chi connectivity index (χ4n) is 6.74. The first-order valence-electron chi connectivity index (χ1n) is 13.5. The lowest BCUT2D eigenvalue weighted by molar-refractivity contribution is -0.146. The van der Waals surface area contributed by atoms with E-state index in [0.717, 1.165) is 23.9 Å². The van der Waals surface area contributed by atoms with E-state index >= 15 is 0 Å². The van der Waals surface area contributed by atoms with Crippen LogP contribution in [0.25, 0.3) is 10.8 Å². The van der Waals surface area contributed by atoms with E-state index in [4.69, 9.17) is 0 Å². The van der Waals surface area contributed by atoms with Crippen molar-refractivity contribution in [2.75, 3.05) is 32.1 Å². The molecular weight excluding hydrogens is 504 g/mol. The minimum absolute atomic E-state index is 0.0705. The molecule has 3 heterocycles. The van der Waals surface area contributed by atoms with Crippen LogP contribution < -0.4 is 4.90 Å². The first-order chi connectivity index (χ1) is 18.1. The summed E-state index contributed by atoms with van der Waals surface area (Å²) < 4.78 is 29.5. The summed E-state index contributed by atoms with van der Waals surface area (Å²) in [7, 11) is -0.131. The molecule has 4 aliphatic rings. The van der Waals surface area contributed by atoms with E-state index in [1.807, 2.05) is 43.3 Å². The Hall–Kier alpha value is -2.98. The van der Waals surface area contributed by atoms with Crippen LogP contribution in [0.15, 0.2) is 41.3 Å². The molecule has 0 spiro atoms. The maximum atomic E-state index is 14.1. The van der Waals surface area contributed by atoms with Crippen LogP contribution >= 0.6 is 0 Å². The third-order valence-corrected chi connectivity index (χ3v) is 10.7. The van der Waals surface area contributed by atoms with Crippen molar-refractivity contribution in [3.05, 3.63) is 36.4 Å². The fourth-order valence-corrected chi connectivity index (χ4v) is 8.60. The SMILES string of the molecule is C[C@@H]1C(=O)N(C(=O)C2CC2)[C@H]2CCN(C(=O)[C@H]3CCCN3S(=O)(=O)c3cccc4c(N(C)C)cccc34)[C@H]12. The van der Waals surface area contributed by atoms with Crippen LogP contribution in [0.3, 0.4) is 0 Å². The summed E-state index contributed by atoms with van der Waals surface area (Å²) >= 11 is 0. The second kappa shape index (κ2) is 9.05. The van der Waals surface area contributed by atoms with Gasteiger partial charge in [-0.2, -0.15) is 4.31 Å². The lowest BCUT2D eigenvalue weighted by atomic mass is 10.0. The average molecular weight is 539 g/mol. The van der Waals surface area contributed by atoms with Gasteiger partial charge in [-0.1, -0.05) is 31.2 Å². The number of likely N-dealkylation sites (tertiary alicyclic amines) is 2. The van der Waals surface area contributed by atoms with Gasteiger partial charge in [-0.05, 0) is 44.2 Å². The number of carbonyl (C=O) groups excluding carboxylic acids is 3. The standard InChI is InChI=1S/C28H34N4O5S/c1-17-25-22(32(26(17)33)27(34)18-12-13-18)14-16-30(25)28(35)23-10-6-15-31(23)38(36,37)24-11-5-7-19-20(24)8-4-9-21(19)29(2)3/h4-5,7-9,11,17-18,22-23,25H,6,10,12-16H2,1-3H3/t17-,22-,23+,25+/m0/s1. The second-order valence-corrected chi connectivity index (χ2v) is 13.1. The highest BCUT2D eigenvalue weighted by Gasteiger charge is 2.57. The third kappa shape index (κ3) is 3.75. The summed E-state index contributed by atoms with van der Waals surface area (Å²) in [6.07, 6.45) is 3.20. The second-order valence-electron chi connectivity index (χ2n) is 11.3. The van der Waals surface area contributed by atoms with Crippen molar-refractivity contribution in [1.29, 1.82) is 0 Å². The molecule has 6 rings (SSSR count). The Kier molecular flexibility index (Phi) is 6.03. The van der Waals surface area contributed by atoms with Crippen LogP contribution in [0, 0.1) is 11.8 Å². The quantitative estimate of drug-likeness (QED) is 0.543. The molecule has 0 N–H and O–H groups in total. The summed E-state index contributed by atoms with van der Waals surface area (Å²) in [5.74, 6) is -1.13. The number of hydrogen-bond acceptors (Lipinski definition) is 6. The van der Waals surface area contributed by atoms with E-state index in [2.05, 4.69) is 0 Å². The monoisotopic (exact) mass is 538 g/mol. The van der Waals surface area contributed by atoms with E-state index in [-0.39, 0.29) is 41.1 Å². The van der Waals surface area contributed by atoms with Gasteiger partial charge in [-0.3, -0.25) is 19.3 Å². The smallest absolute Gasteiger partial charge is 0.244 e. The zero-order valence-corrected chi connectivity index (χ0v) is 22.9. The van der Waals surface area contributed by atoms with Gasteiger partial charge < -0.3 is 9.80 Å². The molecule has 1 saturated carbocycles. The molecule has 9 nitrogen and oxygen atoms in total. The van der Waals surface area contributed by atoms with Crippen LogP contribution in [0.1, 0.15) is 39.0 Å². The van der Waals surface area contributed by atoms with Crippen LogP contribution in [-0.2, 0) is 24.4 Å². The van der Waals surface area contributed by atoms with Crippen molar-refractivity contribution < 1.29 is 22.8 Å². The number of benzene rings is 2. The number of anilines is 1. The number of rotatable bonds is 5. The van der Waals surface area contributed by atoms with Gasteiger partial charge in [0.25, 0.3) is 0 Å². The van der Waals surface area contributed by atoms with E-state index in [1.165, 1.54) is 9.21 Å². The zero-order valence-electron chi connectivity index (χ0n) is 22.0. The van der Waals surface area contributed by atoms with E-state index in [9.17, 15) is 22.8 Å². The molecule has 202 valence electrons. The number of imide groups is 1. The van der Waals surface area contributed by atoms with Crippen LogP contribution in [0.5, 0.6) is 0 Å². The Balaban J connectivity index is 1.30. The van der Waals surface area contributed by atoms with Gasteiger partial charge in [0.2, 0.25) is 27.7 Å². The van der Waals surface area contributed by atoms with Gasteiger partial charge in [-0.15, -0.1) is 0 Å². The molecule has 38 heavy (non-hydrogen) atoms. The first-order valence-corrected chi connectivity index (χ1v) is 14.9. The van der Waals surface area contributed by atoms with Gasteiger partial charge >= 0.3 is 0 Å². The normalized spacial score (nSPS) is 27.8. The highest BCUT2D eigenvalue weighted by atomic mass is 32.2. The highest BCUT2D eigenvalue weighted by molar-refractivity contribution is 7.89. The van der Waals surface area contributed by atoms with Crippen molar-refractivity contribution in [3.63, 3.8) is 0 Å². The predicted molar refractivity (Wildman–Crippen MR) is 143 cm³/mol. The molecule has 4 fully saturated rings. The summed E-state index contributed by atoms with van der Waals surface area (Å²) in [4.78, 5) is 45.1. The maximum absolute atomic E-state index is 14.1. The lowest BCUT2D eigenvalue weighted by Gasteiger charge is -2.32. The Labute approximate surface area is 223 Å². The maximum Gasteiger partial charge on any atom is 0.244 e. The van der Waals surface area contributed by atoms with Gasteiger partial charge in [0.15, 0.2) is 0 Å². The van der Waals surface area contributed by atoms with Crippen molar-refractivity contribution in [2.24, 2.45) is 11.8 Å². The molecule has 4 atom stereocenters.